The summed E-state index contributed by atoms with van der Waals surface area (Å²) in [5.74, 6) is 0.537. The number of anilines is 1. The van der Waals surface area contributed by atoms with Gasteiger partial charge in [-0.3, -0.25) is 0 Å². The largest absolute Gasteiger partial charge is 0.383 e. The Kier molecular flexibility index (Phi) is 6.00. The summed E-state index contributed by atoms with van der Waals surface area (Å²) in [5, 5.41) is 3.33. The van der Waals surface area contributed by atoms with Gasteiger partial charge in [0.15, 0.2) is 0 Å². The zero-order chi connectivity index (χ0) is 15.2. The number of piperidine rings is 1. The van der Waals surface area contributed by atoms with E-state index in [0.29, 0.717) is 12.5 Å². The number of methoxy groups -OCH3 is 1. The van der Waals surface area contributed by atoms with Crippen LogP contribution in [0.15, 0.2) is 18.2 Å². The Morgan fingerprint density at radius 1 is 1.48 bits per heavy atom. The molecular formula is C17H27FN2O. The van der Waals surface area contributed by atoms with Crippen molar-refractivity contribution >= 4 is 5.69 Å². The van der Waals surface area contributed by atoms with Crippen molar-refractivity contribution in [2.24, 2.45) is 5.92 Å². The topological polar surface area (TPSA) is 24.5 Å². The van der Waals surface area contributed by atoms with Crippen molar-refractivity contribution in [2.45, 2.75) is 32.7 Å². The zero-order valence-electron chi connectivity index (χ0n) is 13.4. The molecule has 0 spiro atoms. The van der Waals surface area contributed by atoms with Gasteiger partial charge in [-0.1, -0.05) is 13.0 Å². The van der Waals surface area contributed by atoms with Crippen molar-refractivity contribution in [1.29, 1.82) is 0 Å². The van der Waals surface area contributed by atoms with Crippen molar-refractivity contribution in [1.82, 2.24) is 5.32 Å². The van der Waals surface area contributed by atoms with Gasteiger partial charge in [0.05, 0.1) is 12.3 Å². The van der Waals surface area contributed by atoms with E-state index in [4.69, 9.17) is 4.74 Å². The first-order valence-corrected chi connectivity index (χ1v) is 7.88. The molecule has 4 heteroatoms. The molecular weight excluding hydrogens is 267 g/mol. The van der Waals surface area contributed by atoms with Crippen LogP contribution in [0.1, 0.15) is 38.3 Å². The Labute approximate surface area is 127 Å². The van der Waals surface area contributed by atoms with Crippen LogP contribution in [0.2, 0.25) is 0 Å². The molecule has 0 radical (unpaired) electrons. The van der Waals surface area contributed by atoms with E-state index in [1.807, 2.05) is 19.1 Å². The zero-order valence-corrected chi connectivity index (χ0v) is 13.4. The minimum absolute atomic E-state index is 0.109. The lowest BCUT2D eigenvalue weighted by atomic mass is 9.99. The molecule has 118 valence electrons. The van der Waals surface area contributed by atoms with Gasteiger partial charge in [0.2, 0.25) is 0 Å². The fraction of sp³-hybridized carbons (Fsp3) is 0.647. The standard InChI is InChI=1S/C17H27FN2O/c1-13-5-4-9-20(12-13)17-7-6-15(11-16(17)18)14(2)19-8-10-21-3/h6-7,11,13-14,19H,4-5,8-10,12H2,1-3H3. The smallest absolute Gasteiger partial charge is 0.146 e. The van der Waals surface area contributed by atoms with Gasteiger partial charge in [0, 0.05) is 32.8 Å². The predicted octanol–water partition coefficient (Wildman–Crippen LogP) is 3.36. The van der Waals surface area contributed by atoms with Gasteiger partial charge in [-0.15, -0.1) is 0 Å². The quantitative estimate of drug-likeness (QED) is 0.814. The molecule has 1 aromatic carbocycles. The fourth-order valence-corrected chi connectivity index (χ4v) is 2.95. The fourth-order valence-electron chi connectivity index (χ4n) is 2.95. The summed E-state index contributed by atoms with van der Waals surface area (Å²) in [7, 11) is 1.68. The first-order chi connectivity index (χ1) is 10.1. The summed E-state index contributed by atoms with van der Waals surface area (Å²) in [4.78, 5) is 2.18. The van der Waals surface area contributed by atoms with Crippen molar-refractivity contribution < 1.29 is 9.13 Å². The maximum absolute atomic E-state index is 14.4. The SMILES string of the molecule is COCCNC(C)c1ccc(N2CCCC(C)C2)c(F)c1. The molecule has 1 saturated heterocycles. The van der Waals surface area contributed by atoms with E-state index in [1.165, 1.54) is 6.42 Å². The Balaban J connectivity index is 2.02. The maximum atomic E-state index is 14.4. The molecule has 1 heterocycles. The minimum atomic E-state index is -0.109. The highest BCUT2D eigenvalue weighted by Gasteiger charge is 2.19. The van der Waals surface area contributed by atoms with Crippen LogP contribution in [-0.4, -0.2) is 33.4 Å². The summed E-state index contributed by atoms with van der Waals surface area (Å²) in [6, 6.07) is 5.75. The second-order valence-corrected chi connectivity index (χ2v) is 6.07. The third-order valence-corrected chi connectivity index (χ3v) is 4.23. The highest BCUT2D eigenvalue weighted by atomic mass is 19.1. The van der Waals surface area contributed by atoms with Gasteiger partial charge in [0.1, 0.15) is 5.82 Å². The van der Waals surface area contributed by atoms with Crippen LogP contribution >= 0.6 is 0 Å². The molecule has 2 rings (SSSR count). The van der Waals surface area contributed by atoms with E-state index in [9.17, 15) is 4.39 Å². The lowest BCUT2D eigenvalue weighted by molar-refractivity contribution is 0.196. The summed E-state index contributed by atoms with van der Waals surface area (Å²) in [6.45, 7) is 7.63. The van der Waals surface area contributed by atoms with Crippen LogP contribution in [0.5, 0.6) is 0 Å². The first kappa shape index (κ1) is 16.2. The van der Waals surface area contributed by atoms with Crippen molar-refractivity contribution in [2.75, 3.05) is 38.3 Å². The lowest BCUT2D eigenvalue weighted by Crippen LogP contribution is -2.34. The van der Waals surface area contributed by atoms with Crippen LogP contribution in [0.25, 0.3) is 0 Å². The van der Waals surface area contributed by atoms with Gasteiger partial charge in [-0.2, -0.15) is 0 Å². The molecule has 0 bridgehead atoms. The second kappa shape index (κ2) is 7.76. The number of nitrogens with zero attached hydrogens (tertiary/aromatic N) is 1. The number of rotatable bonds is 6. The van der Waals surface area contributed by atoms with Gasteiger partial charge in [0.25, 0.3) is 0 Å². The number of benzene rings is 1. The average Bonchev–Trinajstić information content (AvgIpc) is 2.47. The van der Waals surface area contributed by atoms with Crippen molar-refractivity contribution in [3.05, 3.63) is 29.6 Å². The molecule has 0 saturated carbocycles. The number of hydrogen-bond donors (Lipinski definition) is 1. The van der Waals surface area contributed by atoms with E-state index in [2.05, 4.69) is 17.1 Å². The molecule has 1 fully saturated rings. The van der Waals surface area contributed by atoms with Crippen molar-refractivity contribution in [3.8, 4) is 0 Å². The van der Waals surface area contributed by atoms with Crippen LogP contribution < -0.4 is 10.2 Å². The van der Waals surface area contributed by atoms with E-state index >= 15 is 0 Å². The maximum Gasteiger partial charge on any atom is 0.146 e. The summed E-state index contributed by atoms with van der Waals surface area (Å²) >= 11 is 0. The molecule has 1 aromatic rings. The third-order valence-electron chi connectivity index (χ3n) is 4.23. The second-order valence-electron chi connectivity index (χ2n) is 6.07. The molecule has 0 amide bonds. The Morgan fingerprint density at radius 3 is 2.95 bits per heavy atom. The molecule has 21 heavy (non-hydrogen) atoms. The predicted molar refractivity (Wildman–Crippen MR) is 85.3 cm³/mol. The van der Waals surface area contributed by atoms with Crippen LogP contribution in [0.4, 0.5) is 10.1 Å². The number of nitrogens with one attached hydrogen (secondary N) is 1. The molecule has 1 aliphatic rings. The van der Waals surface area contributed by atoms with Crippen LogP contribution in [0.3, 0.4) is 0 Å². The molecule has 0 aromatic heterocycles. The van der Waals surface area contributed by atoms with Crippen molar-refractivity contribution in [3.63, 3.8) is 0 Å². The molecule has 2 unspecified atom stereocenters. The Morgan fingerprint density at radius 2 is 2.29 bits per heavy atom. The Bertz CT molecular complexity index is 452. The summed E-state index contributed by atoms with van der Waals surface area (Å²) < 4.78 is 19.4. The molecule has 2 atom stereocenters. The molecule has 1 N–H and O–H groups in total. The highest BCUT2D eigenvalue weighted by Crippen LogP contribution is 2.27. The lowest BCUT2D eigenvalue weighted by Gasteiger charge is -2.33. The first-order valence-electron chi connectivity index (χ1n) is 7.88. The highest BCUT2D eigenvalue weighted by molar-refractivity contribution is 5.50. The summed E-state index contributed by atoms with van der Waals surface area (Å²) in [6.07, 6.45) is 2.40. The minimum Gasteiger partial charge on any atom is -0.383 e. The number of ether oxygens (including phenoxy) is 1. The van der Waals surface area contributed by atoms with Crippen LogP contribution in [-0.2, 0) is 4.74 Å². The number of hydrogen-bond acceptors (Lipinski definition) is 3. The molecule has 0 aliphatic carbocycles. The van der Waals surface area contributed by atoms with E-state index in [-0.39, 0.29) is 11.9 Å². The number of halogens is 1. The van der Waals surface area contributed by atoms with E-state index < -0.39 is 0 Å². The Hall–Kier alpha value is -1.13. The average molecular weight is 294 g/mol. The molecule has 1 aliphatic heterocycles. The molecule has 3 nitrogen and oxygen atoms in total. The van der Waals surface area contributed by atoms with E-state index in [0.717, 1.165) is 37.3 Å². The van der Waals surface area contributed by atoms with Gasteiger partial charge >= 0.3 is 0 Å². The monoisotopic (exact) mass is 294 g/mol. The van der Waals surface area contributed by atoms with Gasteiger partial charge in [-0.25, -0.2) is 4.39 Å². The third kappa shape index (κ3) is 4.42. The van der Waals surface area contributed by atoms with Crippen LogP contribution in [0, 0.1) is 11.7 Å². The normalized spacial score (nSPS) is 20.6. The van der Waals surface area contributed by atoms with E-state index in [1.54, 1.807) is 13.2 Å². The summed E-state index contributed by atoms with van der Waals surface area (Å²) in [5.41, 5.74) is 1.73. The van der Waals surface area contributed by atoms with Gasteiger partial charge < -0.3 is 15.0 Å². The van der Waals surface area contributed by atoms with Gasteiger partial charge in [-0.05, 0) is 43.4 Å².